The van der Waals surface area contributed by atoms with E-state index in [0.717, 1.165) is 13.1 Å². The quantitative estimate of drug-likeness (QED) is 0.762. The van der Waals surface area contributed by atoms with Crippen LogP contribution in [0.2, 0.25) is 0 Å². The van der Waals surface area contributed by atoms with Crippen LogP contribution in [-0.4, -0.2) is 64.1 Å². The summed E-state index contributed by atoms with van der Waals surface area (Å²) in [5, 5.41) is 3.85. The molecule has 3 heterocycles. The van der Waals surface area contributed by atoms with E-state index in [4.69, 9.17) is 13.7 Å². The molecular formula is C15H21N5O4. The normalized spacial score (nSPS) is 15.8. The highest BCUT2D eigenvalue weighted by molar-refractivity contribution is 5.93. The molecule has 0 unspecified atom stereocenters. The van der Waals surface area contributed by atoms with Crippen molar-refractivity contribution in [3.8, 4) is 0 Å². The number of ether oxygens (including phenoxy) is 1. The second-order valence-electron chi connectivity index (χ2n) is 5.58. The molecule has 0 atom stereocenters. The zero-order valence-electron chi connectivity index (χ0n) is 13.9. The molecule has 3 rings (SSSR count). The Morgan fingerprint density at radius 1 is 1.33 bits per heavy atom. The number of hydrogen-bond acceptors (Lipinski definition) is 8. The van der Waals surface area contributed by atoms with Crippen LogP contribution in [0.5, 0.6) is 0 Å². The van der Waals surface area contributed by atoms with Gasteiger partial charge in [0.15, 0.2) is 17.9 Å². The van der Waals surface area contributed by atoms with Gasteiger partial charge in [-0.05, 0) is 0 Å². The van der Waals surface area contributed by atoms with Crippen LogP contribution in [0.4, 0.5) is 0 Å². The summed E-state index contributed by atoms with van der Waals surface area (Å²) in [5.41, 5.74) is 0.423. The first kappa shape index (κ1) is 16.6. The Bertz CT molecular complexity index is 675. The van der Waals surface area contributed by atoms with Gasteiger partial charge in [-0.3, -0.25) is 9.69 Å². The van der Waals surface area contributed by atoms with Crippen molar-refractivity contribution in [1.82, 2.24) is 24.9 Å². The predicted octanol–water partition coefficient (Wildman–Crippen LogP) is 0.724. The first-order chi connectivity index (χ1) is 11.7. The molecule has 0 spiro atoms. The van der Waals surface area contributed by atoms with E-state index in [0.29, 0.717) is 55.8 Å². The van der Waals surface area contributed by atoms with E-state index in [2.05, 4.69) is 20.0 Å². The van der Waals surface area contributed by atoms with E-state index in [1.807, 2.05) is 6.92 Å². The second-order valence-corrected chi connectivity index (χ2v) is 5.58. The highest BCUT2D eigenvalue weighted by Crippen LogP contribution is 2.14. The van der Waals surface area contributed by atoms with Crippen LogP contribution in [0, 0.1) is 0 Å². The zero-order valence-corrected chi connectivity index (χ0v) is 13.9. The number of amides is 1. The molecule has 2 aromatic rings. The highest BCUT2D eigenvalue weighted by atomic mass is 16.5. The summed E-state index contributed by atoms with van der Waals surface area (Å²) in [5.74, 6) is 1.67. The number of hydrogen-bond donors (Lipinski definition) is 0. The van der Waals surface area contributed by atoms with Crippen LogP contribution in [0.15, 0.2) is 15.3 Å². The number of piperazine rings is 1. The number of methoxy groups -OCH3 is 1. The summed E-state index contributed by atoms with van der Waals surface area (Å²) in [6.07, 6.45) is 1.98. The lowest BCUT2D eigenvalue weighted by molar-refractivity contribution is 0.0608. The number of carbonyl (C=O) groups excluding carboxylic acids is 1. The molecule has 130 valence electrons. The van der Waals surface area contributed by atoms with Crippen LogP contribution < -0.4 is 0 Å². The van der Waals surface area contributed by atoms with E-state index in [1.165, 1.54) is 6.39 Å². The van der Waals surface area contributed by atoms with Crippen LogP contribution >= 0.6 is 0 Å². The fraction of sp³-hybridized carbons (Fsp3) is 0.600. The molecule has 1 saturated heterocycles. The molecule has 1 fully saturated rings. The Kier molecular flexibility index (Phi) is 5.21. The molecule has 9 nitrogen and oxygen atoms in total. The summed E-state index contributed by atoms with van der Waals surface area (Å²) in [6.45, 7) is 5.60. The molecular weight excluding hydrogens is 314 g/mol. The van der Waals surface area contributed by atoms with Gasteiger partial charge in [-0.2, -0.15) is 4.98 Å². The predicted molar refractivity (Wildman–Crippen MR) is 82.1 cm³/mol. The number of carbonyl (C=O) groups is 1. The van der Waals surface area contributed by atoms with Crippen molar-refractivity contribution in [2.45, 2.75) is 26.5 Å². The molecule has 1 amide bonds. The lowest BCUT2D eigenvalue weighted by Crippen LogP contribution is -2.48. The SMILES string of the molecule is CCc1ocnc1C(=O)N1CCN(Cc2nc(COC)no2)CC1. The zero-order chi connectivity index (χ0) is 16.9. The van der Waals surface area contributed by atoms with Gasteiger partial charge in [0.25, 0.3) is 5.91 Å². The Hall–Kier alpha value is -2.26. The summed E-state index contributed by atoms with van der Waals surface area (Å²) < 4.78 is 15.4. The van der Waals surface area contributed by atoms with Crippen LogP contribution in [0.25, 0.3) is 0 Å². The smallest absolute Gasteiger partial charge is 0.276 e. The Labute approximate surface area is 139 Å². The fourth-order valence-corrected chi connectivity index (χ4v) is 2.69. The average molecular weight is 335 g/mol. The van der Waals surface area contributed by atoms with Crippen molar-refractivity contribution in [3.05, 3.63) is 29.6 Å². The molecule has 0 saturated carbocycles. The molecule has 9 heteroatoms. The summed E-state index contributed by atoms with van der Waals surface area (Å²) in [6, 6.07) is 0. The highest BCUT2D eigenvalue weighted by Gasteiger charge is 2.26. The lowest BCUT2D eigenvalue weighted by Gasteiger charge is -2.33. The van der Waals surface area contributed by atoms with Gasteiger partial charge < -0.3 is 18.6 Å². The number of oxazole rings is 1. The topological polar surface area (TPSA) is 97.7 Å². The van der Waals surface area contributed by atoms with Gasteiger partial charge in [-0.15, -0.1) is 0 Å². The minimum absolute atomic E-state index is 0.0691. The minimum Gasteiger partial charge on any atom is -0.448 e. The first-order valence-corrected chi connectivity index (χ1v) is 7.95. The van der Waals surface area contributed by atoms with Crippen LogP contribution in [0.3, 0.4) is 0 Å². The van der Waals surface area contributed by atoms with Gasteiger partial charge >= 0.3 is 0 Å². The van der Waals surface area contributed by atoms with E-state index in [9.17, 15) is 4.79 Å². The largest absolute Gasteiger partial charge is 0.448 e. The van der Waals surface area contributed by atoms with E-state index in [-0.39, 0.29) is 5.91 Å². The molecule has 0 radical (unpaired) electrons. The van der Waals surface area contributed by atoms with E-state index >= 15 is 0 Å². The molecule has 0 N–H and O–H groups in total. The van der Waals surface area contributed by atoms with Gasteiger partial charge in [0.05, 0.1) is 6.54 Å². The molecule has 2 aromatic heterocycles. The summed E-state index contributed by atoms with van der Waals surface area (Å²) >= 11 is 0. The number of nitrogens with zero attached hydrogens (tertiary/aromatic N) is 5. The lowest BCUT2D eigenvalue weighted by atomic mass is 10.2. The third-order valence-corrected chi connectivity index (χ3v) is 3.97. The van der Waals surface area contributed by atoms with E-state index in [1.54, 1.807) is 12.0 Å². The van der Waals surface area contributed by atoms with Crippen molar-refractivity contribution in [3.63, 3.8) is 0 Å². The third kappa shape index (κ3) is 3.62. The van der Waals surface area contributed by atoms with Crippen molar-refractivity contribution in [2.24, 2.45) is 0 Å². The van der Waals surface area contributed by atoms with Crippen molar-refractivity contribution >= 4 is 5.91 Å². The molecule has 1 aliphatic rings. The van der Waals surface area contributed by atoms with E-state index < -0.39 is 0 Å². The molecule has 0 aliphatic carbocycles. The third-order valence-electron chi connectivity index (χ3n) is 3.97. The molecule has 0 aromatic carbocycles. The van der Waals surface area contributed by atoms with Gasteiger partial charge in [-0.25, -0.2) is 4.98 Å². The van der Waals surface area contributed by atoms with Gasteiger partial charge in [-0.1, -0.05) is 12.1 Å². The Morgan fingerprint density at radius 2 is 2.12 bits per heavy atom. The van der Waals surface area contributed by atoms with Gasteiger partial charge in [0.2, 0.25) is 5.89 Å². The van der Waals surface area contributed by atoms with Crippen molar-refractivity contribution < 1.29 is 18.5 Å². The first-order valence-electron chi connectivity index (χ1n) is 7.95. The van der Waals surface area contributed by atoms with Crippen molar-refractivity contribution in [2.75, 3.05) is 33.3 Å². The van der Waals surface area contributed by atoms with Gasteiger partial charge in [0, 0.05) is 39.7 Å². The van der Waals surface area contributed by atoms with Crippen LogP contribution in [-0.2, 0) is 24.3 Å². The fourth-order valence-electron chi connectivity index (χ4n) is 2.69. The summed E-state index contributed by atoms with van der Waals surface area (Å²) in [4.78, 5) is 24.8. The van der Waals surface area contributed by atoms with Crippen molar-refractivity contribution in [1.29, 1.82) is 0 Å². The molecule has 24 heavy (non-hydrogen) atoms. The summed E-state index contributed by atoms with van der Waals surface area (Å²) in [7, 11) is 1.59. The number of aryl methyl sites for hydroxylation is 1. The molecule has 0 bridgehead atoms. The van der Waals surface area contributed by atoms with Crippen LogP contribution in [0.1, 0.15) is 34.9 Å². The Balaban J connectivity index is 1.52. The maximum absolute atomic E-state index is 12.5. The average Bonchev–Trinajstić information content (AvgIpc) is 3.24. The number of aromatic nitrogens is 3. The minimum atomic E-state index is -0.0691. The second kappa shape index (κ2) is 7.54. The van der Waals surface area contributed by atoms with Gasteiger partial charge in [0.1, 0.15) is 12.4 Å². The Morgan fingerprint density at radius 3 is 2.83 bits per heavy atom. The maximum atomic E-state index is 12.5. The molecule has 1 aliphatic heterocycles. The standard InChI is InChI=1S/C15H21N5O4/c1-3-11-14(16-10-23-11)15(21)20-6-4-19(5-7-20)8-13-17-12(9-22-2)18-24-13/h10H,3-9H2,1-2H3. The maximum Gasteiger partial charge on any atom is 0.276 e. The number of rotatable bonds is 6. The monoisotopic (exact) mass is 335 g/mol.